The maximum Gasteiger partial charge on any atom is 0.0991 e. The normalized spacial score (nSPS) is 33.2. The molecule has 0 unspecified atom stereocenters. The lowest BCUT2D eigenvalue weighted by atomic mass is 9.80. The van der Waals surface area contributed by atoms with Crippen LogP contribution in [0.25, 0.3) is 0 Å². The van der Waals surface area contributed by atoms with Gasteiger partial charge in [0, 0.05) is 10.9 Å². The summed E-state index contributed by atoms with van der Waals surface area (Å²) in [7, 11) is 0. The molecule has 0 aromatic carbocycles. The molecule has 0 aliphatic heterocycles. The number of hydrogen-bond acceptors (Lipinski definition) is 3. The molecule has 0 saturated heterocycles. The Morgan fingerprint density at radius 2 is 2.14 bits per heavy atom. The molecule has 1 aliphatic carbocycles. The van der Waals surface area contributed by atoms with Gasteiger partial charge < -0.3 is 10.8 Å². The third-order valence-electron chi connectivity index (χ3n) is 3.14. The van der Waals surface area contributed by atoms with Gasteiger partial charge in [0.25, 0.3) is 0 Å². The van der Waals surface area contributed by atoms with Crippen molar-refractivity contribution in [1.29, 1.82) is 0 Å². The van der Waals surface area contributed by atoms with Crippen LogP contribution in [0.1, 0.15) is 36.1 Å². The number of aliphatic hydroxyl groups is 1. The number of nitrogens with two attached hydrogens (primary N) is 1. The molecule has 1 aliphatic rings. The number of hydrogen-bond donors (Lipinski definition) is 2. The summed E-state index contributed by atoms with van der Waals surface area (Å²) < 4.78 is 0. The predicted octanol–water partition coefficient (Wildman–Crippen LogP) is 2.15. The fourth-order valence-electron chi connectivity index (χ4n) is 2.19. The number of aryl methyl sites for hydroxylation is 1. The van der Waals surface area contributed by atoms with E-state index in [2.05, 4.69) is 18.4 Å². The molecule has 78 valence electrons. The largest absolute Gasteiger partial charge is 0.384 e. The second-order valence-electron chi connectivity index (χ2n) is 4.30. The molecule has 1 heterocycles. The highest BCUT2D eigenvalue weighted by Crippen LogP contribution is 2.40. The van der Waals surface area contributed by atoms with Gasteiger partial charge in [-0.15, -0.1) is 11.3 Å². The standard InChI is InChI=1S/C11H17NOS/c1-8-4-7-14-10(8)11(13)5-2-9(12)3-6-11/h4,7,9,13H,2-3,5-6,12H2,1H3. The van der Waals surface area contributed by atoms with Gasteiger partial charge in [0.15, 0.2) is 0 Å². The molecule has 0 bridgehead atoms. The molecule has 2 rings (SSSR count). The summed E-state index contributed by atoms with van der Waals surface area (Å²) in [5.74, 6) is 0. The minimum Gasteiger partial charge on any atom is -0.384 e. The Hall–Kier alpha value is -0.380. The minimum atomic E-state index is -0.589. The third kappa shape index (κ3) is 1.72. The van der Waals surface area contributed by atoms with Gasteiger partial charge in [0.1, 0.15) is 0 Å². The van der Waals surface area contributed by atoms with Crippen LogP contribution in [-0.2, 0) is 5.60 Å². The first kappa shape index (κ1) is 10.1. The topological polar surface area (TPSA) is 46.2 Å². The van der Waals surface area contributed by atoms with Gasteiger partial charge in [0.2, 0.25) is 0 Å². The van der Waals surface area contributed by atoms with Crippen LogP contribution in [0, 0.1) is 6.92 Å². The summed E-state index contributed by atoms with van der Waals surface area (Å²) in [6.45, 7) is 2.07. The smallest absolute Gasteiger partial charge is 0.0991 e. The lowest BCUT2D eigenvalue weighted by Gasteiger charge is -2.34. The van der Waals surface area contributed by atoms with Gasteiger partial charge in [-0.1, -0.05) is 0 Å². The molecule has 1 aromatic rings. The van der Waals surface area contributed by atoms with E-state index in [-0.39, 0.29) is 6.04 Å². The molecule has 1 aromatic heterocycles. The van der Waals surface area contributed by atoms with E-state index in [4.69, 9.17) is 5.73 Å². The summed E-state index contributed by atoms with van der Waals surface area (Å²) in [4.78, 5) is 1.14. The molecule has 0 radical (unpaired) electrons. The van der Waals surface area contributed by atoms with Crippen molar-refractivity contribution < 1.29 is 5.11 Å². The van der Waals surface area contributed by atoms with Gasteiger partial charge in [-0.3, -0.25) is 0 Å². The Kier molecular flexibility index (Phi) is 2.64. The second kappa shape index (κ2) is 3.65. The molecule has 1 saturated carbocycles. The van der Waals surface area contributed by atoms with Crippen molar-refractivity contribution in [3.05, 3.63) is 21.9 Å². The van der Waals surface area contributed by atoms with Gasteiger partial charge in [-0.05, 0) is 49.6 Å². The summed E-state index contributed by atoms with van der Waals surface area (Å²) in [6, 6.07) is 2.36. The van der Waals surface area contributed by atoms with E-state index < -0.39 is 5.60 Å². The van der Waals surface area contributed by atoms with Crippen molar-refractivity contribution in [1.82, 2.24) is 0 Å². The Bertz CT molecular complexity index is 313. The van der Waals surface area contributed by atoms with Crippen LogP contribution in [0.3, 0.4) is 0 Å². The number of thiophene rings is 1. The van der Waals surface area contributed by atoms with Crippen molar-refractivity contribution in [2.75, 3.05) is 0 Å². The van der Waals surface area contributed by atoms with E-state index >= 15 is 0 Å². The summed E-state index contributed by atoms with van der Waals surface area (Å²) in [5.41, 5.74) is 6.47. The average Bonchev–Trinajstić information content (AvgIpc) is 2.58. The summed E-state index contributed by atoms with van der Waals surface area (Å²) in [5, 5.41) is 12.5. The molecular formula is C11H17NOS. The van der Waals surface area contributed by atoms with E-state index in [0.29, 0.717) is 0 Å². The first-order valence-corrected chi connectivity index (χ1v) is 6.02. The highest BCUT2D eigenvalue weighted by atomic mass is 32.1. The lowest BCUT2D eigenvalue weighted by Crippen LogP contribution is -2.36. The monoisotopic (exact) mass is 211 g/mol. The predicted molar refractivity (Wildman–Crippen MR) is 59.4 cm³/mol. The summed E-state index contributed by atoms with van der Waals surface area (Å²) in [6.07, 6.45) is 3.51. The quantitative estimate of drug-likeness (QED) is 0.747. The third-order valence-corrected chi connectivity index (χ3v) is 4.35. The van der Waals surface area contributed by atoms with Crippen molar-refractivity contribution in [2.24, 2.45) is 5.73 Å². The first-order valence-electron chi connectivity index (χ1n) is 5.14. The highest BCUT2D eigenvalue weighted by molar-refractivity contribution is 7.10. The Balaban J connectivity index is 2.21. The van der Waals surface area contributed by atoms with Crippen molar-refractivity contribution in [2.45, 2.75) is 44.2 Å². The van der Waals surface area contributed by atoms with Gasteiger partial charge in [0.05, 0.1) is 5.60 Å². The SMILES string of the molecule is Cc1ccsc1C1(O)CCC(N)CC1. The average molecular weight is 211 g/mol. The fraction of sp³-hybridized carbons (Fsp3) is 0.636. The molecule has 0 spiro atoms. The van der Waals surface area contributed by atoms with Crippen molar-refractivity contribution in [3.63, 3.8) is 0 Å². The van der Waals surface area contributed by atoms with Crippen LogP contribution >= 0.6 is 11.3 Å². The first-order chi connectivity index (χ1) is 6.62. The highest BCUT2D eigenvalue weighted by Gasteiger charge is 2.35. The molecule has 3 N–H and O–H groups in total. The van der Waals surface area contributed by atoms with Crippen LogP contribution in [0.5, 0.6) is 0 Å². The van der Waals surface area contributed by atoms with Crippen LogP contribution in [0.15, 0.2) is 11.4 Å². The zero-order chi connectivity index (χ0) is 10.2. The Morgan fingerprint density at radius 1 is 1.50 bits per heavy atom. The fourth-order valence-corrected chi connectivity index (χ4v) is 3.28. The maximum absolute atomic E-state index is 10.5. The maximum atomic E-state index is 10.5. The van der Waals surface area contributed by atoms with Crippen LogP contribution in [-0.4, -0.2) is 11.1 Å². The van der Waals surface area contributed by atoms with Crippen LogP contribution in [0.2, 0.25) is 0 Å². The molecule has 1 fully saturated rings. The zero-order valence-electron chi connectivity index (χ0n) is 8.49. The van der Waals surface area contributed by atoms with Crippen LogP contribution in [0.4, 0.5) is 0 Å². The van der Waals surface area contributed by atoms with Gasteiger partial charge >= 0.3 is 0 Å². The molecule has 2 nitrogen and oxygen atoms in total. The molecular weight excluding hydrogens is 194 g/mol. The van der Waals surface area contributed by atoms with Crippen molar-refractivity contribution >= 4 is 11.3 Å². The molecule has 0 atom stereocenters. The number of rotatable bonds is 1. The molecule has 14 heavy (non-hydrogen) atoms. The van der Waals surface area contributed by atoms with Crippen molar-refractivity contribution in [3.8, 4) is 0 Å². The van der Waals surface area contributed by atoms with E-state index in [9.17, 15) is 5.11 Å². The van der Waals surface area contributed by atoms with E-state index in [0.717, 1.165) is 30.6 Å². The summed E-state index contributed by atoms with van der Waals surface area (Å²) >= 11 is 1.67. The van der Waals surface area contributed by atoms with E-state index in [1.807, 2.05) is 0 Å². The minimum absolute atomic E-state index is 0.288. The van der Waals surface area contributed by atoms with Crippen LogP contribution < -0.4 is 5.73 Å². The lowest BCUT2D eigenvalue weighted by molar-refractivity contribution is -0.00206. The molecule has 0 amide bonds. The van der Waals surface area contributed by atoms with Gasteiger partial charge in [-0.2, -0.15) is 0 Å². The second-order valence-corrected chi connectivity index (χ2v) is 5.22. The van der Waals surface area contributed by atoms with E-state index in [1.54, 1.807) is 11.3 Å². The Labute approximate surface area is 88.8 Å². The van der Waals surface area contributed by atoms with Gasteiger partial charge in [-0.25, -0.2) is 0 Å². The van der Waals surface area contributed by atoms with E-state index in [1.165, 1.54) is 5.56 Å². The zero-order valence-corrected chi connectivity index (χ0v) is 9.31. The molecule has 3 heteroatoms. The Morgan fingerprint density at radius 3 is 2.64 bits per heavy atom.